The lowest BCUT2D eigenvalue weighted by molar-refractivity contribution is -0.116. The van der Waals surface area contributed by atoms with Crippen molar-refractivity contribution in [3.63, 3.8) is 0 Å². The first-order valence-corrected chi connectivity index (χ1v) is 8.17. The van der Waals surface area contributed by atoms with Gasteiger partial charge in [0, 0.05) is 22.7 Å². The van der Waals surface area contributed by atoms with Gasteiger partial charge in [-0.1, -0.05) is 29.9 Å². The number of carbonyl (C=O) groups excluding carboxylic acids is 1. The van der Waals surface area contributed by atoms with E-state index >= 15 is 0 Å². The van der Waals surface area contributed by atoms with Crippen LogP contribution in [0.2, 0.25) is 5.02 Å². The van der Waals surface area contributed by atoms with Crippen molar-refractivity contribution in [1.29, 1.82) is 0 Å². The highest BCUT2D eigenvalue weighted by molar-refractivity contribution is 7.15. The van der Waals surface area contributed by atoms with Gasteiger partial charge in [0.25, 0.3) is 0 Å². The van der Waals surface area contributed by atoms with Gasteiger partial charge in [0.2, 0.25) is 11.0 Å². The van der Waals surface area contributed by atoms with Gasteiger partial charge in [-0.15, -0.1) is 10.2 Å². The summed E-state index contributed by atoms with van der Waals surface area (Å²) in [5, 5.41) is 12.9. The molecule has 23 heavy (non-hydrogen) atoms. The van der Waals surface area contributed by atoms with E-state index < -0.39 is 0 Å². The van der Waals surface area contributed by atoms with Crippen LogP contribution in [-0.4, -0.2) is 20.7 Å². The fourth-order valence-corrected chi connectivity index (χ4v) is 3.05. The number of aromatic nitrogens is 3. The summed E-state index contributed by atoms with van der Waals surface area (Å²) < 4.78 is 1.70. The number of nitrogens with zero attached hydrogens (tertiary/aromatic N) is 3. The number of hydrogen-bond donors (Lipinski definition) is 1. The van der Waals surface area contributed by atoms with Crippen LogP contribution in [0.15, 0.2) is 35.3 Å². The minimum absolute atomic E-state index is 0.0689. The molecule has 0 aliphatic heterocycles. The van der Waals surface area contributed by atoms with E-state index in [4.69, 9.17) is 11.6 Å². The van der Waals surface area contributed by atoms with Crippen LogP contribution >= 0.6 is 22.9 Å². The molecule has 3 aromatic rings. The Hall–Kier alpha value is -2.25. The van der Waals surface area contributed by atoms with Crippen molar-refractivity contribution in [1.82, 2.24) is 14.8 Å². The van der Waals surface area contributed by atoms with Crippen molar-refractivity contribution in [3.05, 3.63) is 50.7 Å². The van der Waals surface area contributed by atoms with E-state index in [9.17, 15) is 9.59 Å². The first kappa shape index (κ1) is 15.6. The maximum absolute atomic E-state index is 12.2. The summed E-state index contributed by atoms with van der Waals surface area (Å²) in [5.74, 6) is -0.233. The van der Waals surface area contributed by atoms with Crippen molar-refractivity contribution in [3.8, 4) is 0 Å². The van der Waals surface area contributed by atoms with Crippen molar-refractivity contribution in [2.45, 2.75) is 19.9 Å². The minimum atomic E-state index is -0.233. The highest BCUT2D eigenvalue weighted by Crippen LogP contribution is 2.18. The van der Waals surface area contributed by atoms with Gasteiger partial charge in [0.15, 0.2) is 5.43 Å². The third-order valence-electron chi connectivity index (χ3n) is 3.27. The zero-order chi connectivity index (χ0) is 16.4. The predicted molar refractivity (Wildman–Crippen MR) is 91.1 cm³/mol. The lowest BCUT2D eigenvalue weighted by atomic mass is 10.2. The number of amides is 1. The van der Waals surface area contributed by atoms with E-state index in [0.29, 0.717) is 21.1 Å². The van der Waals surface area contributed by atoms with E-state index in [1.54, 1.807) is 29.0 Å². The second-order valence-electron chi connectivity index (χ2n) is 4.87. The number of hydrogen-bond acceptors (Lipinski definition) is 5. The second-order valence-corrected chi connectivity index (χ2v) is 6.37. The van der Waals surface area contributed by atoms with Crippen molar-refractivity contribution < 1.29 is 4.79 Å². The fourth-order valence-electron chi connectivity index (χ4n) is 2.18. The van der Waals surface area contributed by atoms with Gasteiger partial charge in [0.1, 0.15) is 11.6 Å². The van der Waals surface area contributed by atoms with E-state index in [2.05, 4.69) is 15.5 Å². The zero-order valence-corrected chi connectivity index (χ0v) is 13.8. The van der Waals surface area contributed by atoms with Crippen LogP contribution < -0.4 is 10.7 Å². The van der Waals surface area contributed by atoms with E-state index in [0.717, 1.165) is 11.4 Å². The minimum Gasteiger partial charge on any atom is -0.338 e. The summed E-state index contributed by atoms with van der Waals surface area (Å²) in [7, 11) is 0. The van der Waals surface area contributed by atoms with Gasteiger partial charge in [-0.25, -0.2) is 0 Å². The van der Waals surface area contributed by atoms with Gasteiger partial charge in [-0.3, -0.25) is 14.9 Å². The van der Waals surface area contributed by atoms with Gasteiger partial charge < -0.3 is 4.57 Å². The molecule has 8 heteroatoms. The van der Waals surface area contributed by atoms with Crippen LogP contribution in [0.5, 0.6) is 0 Å². The molecular weight excluding hydrogens is 336 g/mol. The molecule has 0 aliphatic rings. The molecule has 118 valence electrons. The second kappa shape index (κ2) is 6.47. The van der Waals surface area contributed by atoms with Crippen molar-refractivity contribution >= 4 is 44.9 Å². The Bertz CT molecular complexity index is 935. The molecule has 0 fully saturated rings. The predicted octanol–water partition coefficient (Wildman–Crippen LogP) is 2.71. The smallest absolute Gasteiger partial charge is 0.246 e. The first-order chi connectivity index (χ1) is 11.1. The highest BCUT2D eigenvalue weighted by Gasteiger charge is 2.10. The van der Waals surface area contributed by atoms with E-state index in [1.165, 1.54) is 17.4 Å². The van der Waals surface area contributed by atoms with Crippen molar-refractivity contribution in [2.24, 2.45) is 0 Å². The SMILES string of the molecule is CCc1nnc(NC(=O)Cn2ccc(=O)c3cc(Cl)ccc32)s1. The molecule has 0 aliphatic carbocycles. The molecule has 1 aromatic carbocycles. The molecule has 0 spiro atoms. The van der Waals surface area contributed by atoms with Gasteiger partial charge in [-0.05, 0) is 24.6 Å². The Labute approximate surface area is 140 Å². The monoisotopic (exact) mass is 348 g/mol. The molecule has 1 amide bonds. The molecule has 6 nitrogen and oxygen atoms in total. The molecule has 0 saturated carbocycles. The quantitative estimate of drug-likeness (QED) is 0.786. The topological polar surface area (TPSA) is 76.9 Å². The molecule has 2 heterocycles. The van der Waals surface area contributed by atoms with Crippen LogP contribution in [0, 0.1) is 0 Å². The number of benzene rings is 1. The van der Waals surface area contributed by atoms with Crippen LogP contribution in [0.1, 0.15) is 11.9 Å². The highest BCUT2D eigenvalue weighted by atomic mass is 35.5. The molecule has 1 N–H and O–H groups in total. The molecule has 2 aromatic heterocycles. The fraction of sp³-hybridized carbons (Fsp3) is 0.200. The zero-order valence-electron chi connectivity index (χ0n) is 12.2. The molecule has 0 radical (unpaired) electrons. The standard InChI is InChI=1S/C15H13ClN4O2S/c1-2-14-18-19-15(23-14)17-13(22)8-20-6-5-12(21)10-7-9(16)3-4-11(10)20/h3-7H,2,8H2,1H3,(H,17,19,22). The van der Waals surface area contributed by atoms with Crippen LogP contribution in [-0.2, 0) is 17.8 Å². The Balaban J connectivity index is 1.85. The van der Waals surface area contributed by atoms with Gasteiger partial charge in [0.05, 0.1) is 5.52 Å². The molecule has 3 rings (SSSR count). The Kier molecular flexibility index (Phi) is 4.40. The number of rotatable bonds is 4. The Morgan fingerprint density at radius 1 is 1.35 bits per heavy atom. The summed E-state index contributed by atoms with van der Waals surface area (Å²) >= 11 is 7.28. The molecule has 0 saturated heterocycles. The van der Waals surface area contributed by atoms with Crippen LogP contribution in [0.3, 0.4) is 0 Å². The Morgan fingerprint density at radius 3 is 2.91 bits per heavy atom. The summed E-state index contributed by atoms with van der Waals surface area (Å²) in [6, 6.07) is 6.44. The largest absolute Gasteiger partial charge is 0.338 e. The maximum atomic E-state index is 12.2. The number of pyridine rings is 1. The number of carbonyl (C=O) groups is 1. The van der Waals surface area contributed by atoms with Crippen LogP contribution in [0.25, 0.3) is 10.9 Å². The summed E-state index contributed by atoms with van der Waals surface area (Å²) in [6.45, 7) is 2.04. The number of nitrogens with one attached hydrogen (secondary N) is 1. The normalized spacial score (nSPS) is 10.9. The average Bonchev–Trinajstić information content (AvgIpc) is 2.98. The summed E-state index contributed by atoms with van der Waals surface area (Å²) in [4.78, 5) is 24.1. The molecule has 0 unspecified atom stereocenters. The number of fused-ring (bicyclic) bond motifs is 1. The summed E-state index contributed by atoms with van der Waals surface area (Å²) in [6.07, 6.45) is 2.37. The van der Waals surface area contributed by atoms with E-state index in [1.807, 2.05) is 6.92 Å². The third kappa shape index (κ3) is 3.40. The van der Waals surface area contributed by atoms with Crippen molar-refractivity contribution in [2.75, 3.05) is 5.32 Å². The lowest BCUT2D eigenvalue weighted by Gasteiger charge is -2.10. The van der Waals surface area contributed by atoms with Gasteiger partial charge in [-0.2, -0.15) is 0 Å². The molecular formula is C15H13ClN4O2S. The first-order valence-electron chi connectivity index (χ1n) is 6.97. The lowest BCUT2D eigenvalue weighted by Crippen LogP contribution is -2.20. The van der Waals surface area contributed by atoms with E-state index in [-0.39, 0.29) is 17.9 Å². The third-order valence-corrected chi connectivity index (χ3v) is 4.49. The maximum Gasteiger partial charge on any atom is 0.246 e. The number of anilines is 1. The van der Waals surface area contributed by atoms with Crippen LogP contribution in [0.4, 0.5) is 5.13 Å². The molecule has 0 bridgehead atoms. The number of aryl methyl sites for hydroxylation is 1. The molecule has 0 atom stereocenters. The van der Waals surface area contributed by atoms with Gasteiger partial charge >= 0.3 is 0 Å². The average molecular weight is 349 g/mol. The number of halogens is 1. The summed E-state index contributed by atoms with van der Waals surface area (Å²) in [5.41, 5.74) is 0.527. The Morgan fingerprint density at radius 2 is 2.17 bits per heavy atom.